The zero-order chi connectivity index (χ0) is 27.5. The third-order valence-electron chi connectivity index (χ3n) is 6.43. The fourth-order valence-corrected chi connectivity index (χ4v) is 4.36. The smallest absolute Gasteiger partial charge is 0.280 e. The second-order valence-electron chi connectivity index (χ2n) is 9.00. The normalized spacial score (nSPS) is 13.6. The van der Waals surface area contributed by atoms with Crippen LogP contribution in [0.3, 0.4) is 0 Å². The molecular weight excluding hydrogens is 502 g/mol. The molecule has 0 saturated carbocycles. The first-order valence-electron chi connectivity index (χ1n) is 12.2. The number of carbonyl (C=O) groups is 2. The van der Waals surface area contributed by atoms with Crippen molar-refractivity contribution < 1.29 is 18.4 Å². The van der Waals surface area contributed by atoms with Crippen LogP contribution in [0.2, 0.25) is 0 Å². The number of halogens is 2. The summed E-state index contributed by atoms with van der Waals surface area (Å²) in [6.45, 7) is 0. The van der Waals surface area contributed by atoms with Gasteiger partial charge in [-0.1, -0.05) is 24.3 Å². The van der Waals surface area contributed by atoms with Crippen molar-refractivity contribution in [1.29, 1.82) is 0 Å². The number of Topliss-reactive ketones (excluding diaryl/α,β-unsaturated/α-hetero) is 1. The quantitative estimate of drug-likeness (QED) is 0.234. The van der Waals surface area contributed by atoms with Crippen LogP contribution in [0, 0.1) is 11.6 Å². The van der Waals surface area contributed by atoms with Crippen LogP contribution in [0.4, 0.5) is 20.2 Å². The molecule has 0 fully saturated rings. The SMILES string of the molecule is CN(c1ccc(F)c(F)c1)n1cccc(C(=O)CC/C=C/c2ccc3c(c2)NC(=O)/C3=C\c2ccc[nH]2)c1=O. The lowest BCUT2D eigenvalue weighted by atomic mass is 10.0. The van der Waals surface area contributed by atoms with E-state index in [1.54, 1.807) is 18.3 Å². The van der Waals surface area contributed by atoms with Crippen LogP contribution in [-0.4, -0.2) is 28.4 Å². The van der Waals surface area contributed by atoms with Gasteiger partial charge in [-0.05, 0) is 60.5 Å². The van der Waals surface area contributed by atoms with E-state index in [2.05, 4.69) is 10.3 Å². The monoisotopic (exact) mass is 526 g/mol. The van der Waals surface area contributed by atoms with Gasteiger partial charge in [-0.3, -0.25) is 19.4 Å². The van der Waals surface area contributed by atoms with Gasteiger partial charge in [0.05, 0.1) is 16.8 Å². The number of H-pyrrole nitrogens is 1. The number of nitrogens with zero attached hydrogens (tertiary/aromatic N) is 2. The summed E-state index contributed by atoms with van der Waals surface area (Å²) in [4.78, 5) is 41.3. The molecular formula is C30H24F2N4O3. The molecule has 7 nitrogen and oxygen atoms in total. The lowest BCUT2D eigenvalue weighted by Crippen LogP contribution is -2.37. The van der Waals surface area contributed by atoms with E-state index in [1.807, 2.05) is 42.5 Å². The number of carbonyl (C=O) groups excluding carboxylic acids is 2. The van der Waals surface area contributed by atoms with Crippen molar-refractivity contribution in [3.05, 3.63) is 124 Å². The average molecular weight is 527 g/mol. The topological polar surface area (TPSA) is 87.2 Å². The maximum absolute atomic E-state index is 13.7. The van der Waals surface area contributed by atoms with E-state index in [4.69, 9.17) is 0 Å². The van der Waals surface area contributed by atoms with Gasteiger partial charge < -0.3 is 10.3 Å². The summed E-state index contributed by atoms with van der Waals surface area (Å²) >= 11 is 0. The zero-order valence-corrected chi connectivity index (χ0v) is 20.9. The number of pyridine rings is 1. The molecule has 39 heavy (non-hydrogen) atoms. The van der Waals surface area contributed by atoms with E-state index >= 15 is 0 Å². The molecule has 0 unspecified atom stereocenters. The fraction of sp³-hybridized carbons (Fsp3) is 0.100. The van der Waals surface area contributed by atoms with Crippen LogP contribution in [0.5, 0.6) is 0 Å². The molecule has 1 aliphatic heterocycles. The van der Waals surface area contributed by atoms with E-state index in [0.717, 1.165) is 29.0 Å². The second kappa shape index (κ2) is 10.7. The van der Waals surface area contributed by atoms with Gasteiger partial charge in [-0.2, -0.15) is 0 Å². The number of hydrogen-bond donors (Lipinski definition) is 2. The molecule has 2 N–H and O–H groups in total. The van der Waals surface area contributed by atoms with Gasteiger partial charge in [0.2, 0.25) is 0 Å². The molecule has 9 heteroatoms. The lowest BCUT2D eigenvalue weighted by molar-refractivity contribution is -0.110. The standard InChI is InChI=1S/C30H24F2N4O3/c1-35(21-11-13-25(31)26(32)18-21)36-15-5-8-23(30(36)39)28(37)9-3-2-6-19-10-12-22-24(17-20-7-4-14-33-20)29(38)34-27(22)16-19/h2,4-8,10-18,33H,3,9H2,1H3,(H,34,38)/b6-2+,24-17-. The van der Waals surface area contributed by atoms with E-state index in [9.17, 15) is 23.2 Å². The molecule has 0 saturated heterocycles. The average Bonchev–Trinajstić information content (AvgIpc) is 3.55. The van der Waals surface area contributed by atoms with E-state index in [-0.39, 0.29) is 29.4 Å². The van der Waals surface area contributed by atoms with Crippen LogP contribution >= 0.6 is 0 Å². The number of aromatic nitrogens is 2. The lowest BCUT2D eigenvalue weighted by Gasteiger charge is -2.22. The third-order valence-corrected chi connectivity index (χ3v) is 6.43. The summed E-state index contributed by atoms with van der Waals surface area (Å²) in [6, 6.07) is 15.7. The van der Waals surface area contributed by atoms with Crippen LogP contribution in [0.25, 0.3) is 17.7 Å². The van der Waals surface area contributed by atoms with Crippen LogP contribution < -0.4 is 15.9 Å². The Labute approximate surface area is 222 Å². The third kappa shape index (κ3) is 5.33. The highest BCUT2D eigenvalue weighted by molar-refractivity contribution is 6.34. The molecule has 1 amide bonds. The Balaban J connectivity index is 1.24. The zero-order valence-electron chi connectivity index (χ0n) is 20.9. The highest BCUT2D eigenvalue weighted by Crippen LogP contribution is 2.34. The Morgan fingerprint density at radius 2 is 1.87 bits per heavy atom. The molecule has 2 aromatic carbocycles. The predicted octanol–water partition coefficient (Wildman–Crippen LogP) is 5.52. The highest BCUT2D eigenvalue weighted by Gasteiger charge is 2.24. The molecule has 0 aliphatic carbocycles. The van der Waals surface area contributed by atoms with Crippen LogP contribution in [-0.2, 0) is 4.79 Å². The van der Waals surface area contributed by atoms with E-state index < -0.39 is 17.2 Å². The number of allylic oxidation sites excluding steroid dienone is 1. The van der Waals surface area contributed by atoms with Crippen molar-refractivity contribution in [1.82, 2.24) is 9.66 Å². The Kier molecular flexibility index (Phi) is 7.05. The van der Waals surface area contributed by atoms with Gasteiger partial charge in [0.25, 0.3) is 11.5 Å². The van der Waals surface area contributed by atoms with E-state index in [0.29, 0.717) is 17.7 Å². The largest absolute Gasteiger partial charge is 0.362 e. The number of anilines is 2. The number of amides is 1. The minimum absolute atomic E-state index is 0.00182. The molecule has 4 aromatic rings. The van der Waals surface area contributed by atoms with Gasteiger partial charge in [0, 0.05) is 48.9 Å². The summed E-state index contributed by atoms with van der Waals surface area (Å²) in [5.41, 5.74) is 3.50. The first-order valence-corrected chi connectivity index (χ1v) is 12.2. The minimum atomic E-state index is -1.04. The van der Waals surface area contributed by atoms with Gasteiger partial charge in [0.15, 0.2) is 17.4 Å². The van der Waals surface area contributed by atoms with E-state index in [1.165, 1.54) is 35.1 Å². The highest BCUT2D eigenvalue weighted by atomic mass is 19.2. The molecule has 3 heterocycles. The van der Waals surface area contributed by atoms with Crippen molar-refractivity contribution in [2.45, 2.75) is 12.8 Å². The molecule has 0 radical (unpaired) electrons. The Morgan fingerprint density at radius 1 is 1.03 bits per heavy atom. The fourth-order valence-electron chi connectivity index (χ4n) is 4.36. The first-order chi connectivity index (χ1) is 18.8. The Hall–Kier alpha value is -5.05. The molecule has 1 aliphatic rings. The van der Waals surface area contributed by atoms with Gasteiger partial charge in [0.1, 0.15) is 0 Å². The Morgan fingerprint density at radius 3 is 2.64 bits per heavy atom. The van der Waals surface area contributed by atoms with Crippen LogP contribution in [0.15, 0.2) is 83.9 Å². The van der Waals surface area contributed by atoms with Crippen molar-refractivity contribution in [2.75, 3.05) is 17.4 Å². The summed E-state index contributed by atoms with van der Waals surface area (Å²) < 4.78 is 28.1. The molecule has 5 rings (SSSR count). The molecule has 0 bridgehead atoms. The second-order valence-corrected chi connectivity index (χ2v) is 9.00. The van der Waals surface area contributed by atoms with Gasteiger partial charge in [-0.15, -0.1) is 0 Å². The number of benzene rings is 2. The predicted molar refractivity (Wildman–Crippen MR) is 147 cm³/mol. The molecule has 196 valence electrons. The van der Waals surface area contributed by atoms with Crippen molar-refractivity contribution >= 4 is 40.8 Å². The van der Waals surface area contributed by atoms with Crippen molar-refractivity contribution in [3.8, 4) is 0 Å². The maximum Gasteiger partial charge on any atom is 0.280 e. The summed E-state index contributed by atoms with van der Waals surface area (Å²) in [7, 11) is 1.52. The summed E-state index contributed by atoms with van der Waals surface area (Å²) in [5.74, 6) is -2.53. The number of ketones is 1. The number of fused-ring (bicyclic) bond motifs is 1. The van der Waals surface area contributed by atoms with Crippen molar-refractivity contribution in [3.63, 3.8) is 0 Å². The number of hydrogen-bond acceptors (Lipinski definition) is 4. The summed E-state index contributed by atoms with van der Waals surface area (Å²) in [5, 5.41) is 4.22. The number of rotatable bonds is 8. The maximum atomic E-state index is 13.7. The van der Waals surface area contributed by atoms with Crippen molar-refractivity contribution in [2.24, 2.45) is 0 Å². The molecule has 2 aromatic heterocycles. The summed E-state index contributed by atoms with van der Waals surface area (Å²) in [6.07, 6.45) is 9.23. The molecule has 0 spiro atoms. The Bertz CT molecular complexity index is 1690. The van der Waals surface area contributed by atoms with Crippen LogP contribution in [0.1, 0.15) is 40.0 Å². The minimum Gasteiger partial charge on any atom is -0.362 e. The first kappa shape index (κ1) is 25.6. The number of nitrogens with one attached hydrogen (secondary N) is 2. The van der Waals surface area contributed by atoms with Gasteiger partial charge in [-0.25, -0.2) is 13.5 Å². The number of aromatic amines is 1. The van der Waals surface area contributed by atoms with Gasteiger partial charge >= 0.3 is 0 Å². The molecule has 0 atom stereocenters.